The summed E-state index contributed by atoms with van der Waals surface area (Å²) in [4.78, 5) is 0. The van der Waals surface area contributed by atoms with Gasteiger partial charge in [-0.05, 0) is 24.5 Å². The summed E-state index contributed by atoms with van der Waals surface area (Å²) in [5.74, 6) is 0. The van der Waals surface area contributed by atoms with Gasteiger partial charge in [0.1, 0.15) is 0 Å². The fourth-order valence-electron chi connectivity index (χ4n) is 2.04. The maximum atomic E-state index is 12.5. The van der Waals surface area contributed by atoms with Crippen molar-refractivity contribution in [2.45, 2.75) is 31.7 Å². The molecule has 0 spiro atoms. The van der Waals surface area contributed by atoms with Crippen LogP contribution in [0.3, 0.4) is 0 Å². The van der Waals surface area contributed by atoms with Crippen LogP contribution in [0.5, 0.6) is 0 Å². The van der Waals surface area contributed by atoms with Crippen molar-refractivity contribution in [3.63, 3.8) is 0 Å². The topological polar surface area (TPSA) is 21.3 Å². The quantitative estimate of drug-likeness (QED) is 0.897. The first-order chi connectivity index (χ1) is 8.55. The molecule has 1 atom stereocenters. The van der Waals surface area contributed by atoms with Crippen molar-refractivity contribution in [3.8, 4) is 0 Å². The lowest BCUT2D eigenvalue weighted by molar-refractivity contribution is -0.137. The molecule has 0 amide bonds. The molecule has 1 heterocycles. The first kappa shape index (κ1) is 13.4. The lowest BCUT2D eigenvalue weighted by Gasteiger charge is -2.12. The number of rotatable bonds is 4. The Morgan fingerprint density at radius 2 is 2.17 bits per heavy atom. The van der Waals surface area contributed by atoms with Gasteiger partial charge < -0.3 is 10.1 Å². The predicted molar refractivity (Wildman–Crippen MR) is 62.1 cm³/mol. The molecular weight excluding hydrogens is 243 g/mol. The smallest absolute Gasteiger partial charge is 0.377 e. The van der Waals surface area contributed by atoms with Gasteiger partial charge in [-0.3, -0.25) is 0 Å². The third kappa shape index (κ3) is 3.71. The molecule has 0 saturated carbocycles. The largest absolute Gasteiger partial charge is 0.416 e. The van der Waals surface area contributed by atoms with Crippen LogP contribution in [0.15, 0.2) is 24.3 Å². The monoisotopic (exact) mass is 259 g/mol. The second kappa shape index (κ2) is 5.71. The number of nitrogens with one attached hydrogen (secondary N) is 1. The van der Waals surface area contributed by atoms with E-state index in [1.807, 2.05) is 0 Å². The molecule has 2 nitrogen and oxygen atoms in total. The molecule has 18 heavy (non-hydrogen) atoms. The number of ether oxygens (including phenoxy) is 1. The molecule has 1 aliphatic rings. The molecule has 0 bridgehead atoms. The highest BCUT2D eigenvalue weighted by Gasteiger charge is 2.30. The SMILES string of the molecule is FC(F)(F)c1cccc(CNCC2CCCO2)c1. The Morgan fingerprint density at radius 1 is 1.33 bits per heavy atom. The Morgan fingerprint density at radius 3 is 2.83 bits per heavy atom. The lowest BCUT2D eigenvalue weighted by atomic mass is 10.1. The first-order valence-electron chi connectivity index (χ1n) is 6.04. The van der Waals surface area contributed by atoms with Gasteiger partial charge in [0.25, 0.3) is 0 Å². The molecule has 1 aliphatic heterocycles. The normalized spacial score (nSPS) is 20.3. The molecule has 100 valence electrons. The van der Waals surface area contributed by atoms with Gasteiger partial charge in [-0.25, -0.2) is 0 Å². The average molecular weight is 259 g/mol. The van der Waals surface area contributed by atoms with Crippen molar-refractivity contribution in [3.05, 3.63) is 35.4 Å². The minimum absolute atomic E-state index is 0.204. The van der Waals surface area contributed by atoms with E-state index in [9.17, 15) is 13.2 Å². The van der Waals surface area contributed by atoms with Gasteiger partial charge in [-0.15, -0.1) is 0 Å². The summed E-state index contributed by atoms with van der Waals surface area (Å²) in [5, 5.41) is 3.13. The summed E-state index contributed by atoms with van der Waals surface area (Å²) in [7, 11) is 0. The Bertz CT molecular complexity index is 386. The van der Waals surface area contributed by atoms with E-state index >= 15 is 0 Å². The Balaban J connectivity index is 1.85. The molecule has 1 aromatic carbocycles. The van der Waals surface area contributed by atoms with Crippen LogP contribution in [0.25, 0.3) is 0 Å². The number of hydrogen-bond donors (Lipinski definition) is 1. The van der Waals surface area contributed by atoms with E-state index in [1.165, 1.54) is 12.1 Å². The highest BCUT2D eigenvalue weighted by Crippen LogP contribution is 2.29. The van der Waals surface area contributed by atoms with Crippen LogP contribution in [-0.4, -0.2) is 19.3 Å². The van der Waals surface area contributed by atoms with Crippen molar-refractivity contribution in [2.24, 2.45) is 0 Å². The predicted octanol–water partition coefficient (Wildman–Crippen LogP) is 2.97. The molecule has 2 rings (SSSR count). The second-order valence-corrected chi connectivity index (χ2v) is 4.46. The summed E-state index contributed by atoms with van der Waals surface area (Å²) in [6, 6.07) is 5.40. The van der Waals surface area contributed by atoms with Crippen LogP contribution in [0.2, 0.25) is 0 Å². The molecular formula is C13H16F3NO. The number of hydrogen-bond acceptors (Lipinski definition) is 2. The maximum absolute atomic E-state index is 12.5. The van der Waals surface area contributed by atoms with Crippen LogP contribution < -0.4 is 5.32 Å². The average Bonchev–Trinajstić information content (AvgIpc) is 2.81. The first-order valence-corrected chi connectivity index (χ1v) is 6.04. The lowest BCUT2D eigenvalue weighted by Crippen LogP contribution is -2.25. The minimum Gasteiger partial charge on any atom is -0.377 e. The van der Waals surface area contributed by atoms with Crippen molar-refractivity contribution in [1.29, 1.82) is 0 Å². The summed E-state index contributed by atoms with van der Waals surface area (Å²) in [6.07, 6.45) is -1.98. The van der Waals surface area contributed by atoms with E-state index in [-0.39, 0.29) is 6.10 Å². The molecule has 1 N–H and O–H groups in total. The maximum Gasteiger partial charge on any atom is 0.416 e. The minimum atomic E-state index is -4.27. The van der Waals surface area contributed by atoms with Crippen LogP contribution >= 0.6 is 0 Å². The molecule has 0 radical (unpaired) electrons. The molecule has 0 aromatic heterocycles. The van der Waals surface area contributed by atoms with Crippen molar-refractivity contribution < 1.29 is 17.9 Å². The Labute approximate surface area is 104 Å². The molecule has 1 fully saturated rings. The van der Waals surface area contributed by atoms with Crippen LogP contribution in [0, 0.1) is 0 Å². The molecule has 1 saturated heterocycles. The fourth-order valence-corrected chi connectivity index (χ4v) is 2.04. The number of halogens is 3. The van der Waals surface area contributed by atoms with Gasteiger partial charge in [0, 0.05) is 19.7 Å². The zero-order chi connectivity index (χ0) is 13.0. The van der Waals surface area contributed by atoms with Crippen molar-refractivity contribution in [2.75, 3.05) is 13.2 Å². The van der Waals surface area contributed by atoms with Gasteiger partial charge in [0.05, 0.1) is 11.7 Å². The van der Waals surface area contributed by atoms with Crippen LogP contribution in [0.1, 0.15) is 24.0 Å². The van der Waals surface area contributed by atoms with Gasteiger partial charge in [0.15, 0.2) is 0 Å². The standard InChI is InChI=1S/C13H16F3NO/c14-13(15,16)11-4-1-3-10(7-11)8-17-9-12-5-2-6-18-12/h1,3-4,7,12,17H,2,5-6,8-9H2. The van der Waals surface area contributed by atoms with Gasteiger partial charge in [-0.1, -0.05) is 18.2 Å². The van der Waals surface area contributed by atoms with E-state index < -0.39 is 11.7 Å². The highest BCUT2D eigenvalue weighted by atomic mass is 19.4. The second-order valence-electron chi connectivity index (χ2n) is 4.46. The van der Waals surface area contributed by atoms with E-state index in [0.29, 0.717) is 18.7 Å². The van der Waals surface area contributed by atoms with Crippen LogP contribution in [-0.2, 0) is 17.5 Å². The third-order valence-electron chi connectivity index (χ3n) is 2.98. The molecule has 1 unspecified atom stereocenters. The van der Waals surface area contributed by atoms with Gasteiger partial charge >= 0.3 is 6.18 Å². The van der Waals surface area contributed by atoms with Crippen molar-refractivity contribution >= 4 is 0 Å². The van der Waals surface area contributed by atoms with E-state index in [1.54, 1.807) is 6.07 Å². The zero-order valence-electron chi connectivity index (χ0n) is 9.96. The third-order valence-corrected chi connectivity index (χ3v) is 2.98. The Hall–Kier alpha value is -1.07. The Kier molecular flexibility index (Phi) is 4.24. The van der Waals surface area contributed by atoms with Gasteiger partial charge in [-0.2, -0.15) is 13.2 Å². The number of benzene rings is 1. The van der Waals surface area contributed by atoms with Crippen molar-refractivity contribution in [1.82, 2.24) is 5.32 Å². The van der Waals surface area contributed by atoms with E-state index in [2.05, 4.69) is 5.32 Å². The zero-order valence-corrected chi connectivity index (χ0v) is 9.96. The summed E-state index contributed by atoms with van der Waals surface area (Å²) >= 11 is 0. The van der Waals surface area contributed by atoms with E-state index in [0.717, 1.165) is 25.5 Å². The van der Waals surface area contributed by atoms with Gasteiger partial charge in [0.2, 0.25) is 0 Å². The summed E-state index contributed by atoms with van der Waals surface area (Å²) in [6.45, 7) is 1.91. The molecule has 0 aliphatic carbocycles. The number of alkyl halides is 3. The fraction of sp³-hybridized carbons (Fsp3) is 0.538. The summed E-state index contributed by atoms with van der Waals surface area (Å²) in [5.41, 5.74) is 0.0433. The molecule has 5 heteroatoms. The van der Waals surface area contributed by atoms with E-state index in [4.69, 9.17) is 4.74 Å². The highest BCUT2D eigenvalue weighted by molar-refractivity contribution is 5.25. The molecule has 1 aromatic rings. The summed E-state index contributed by atoms with van der Waals surface area (Å²) < 4.78 is 42.9. The van der Waals surface area contributed by atoms with Crippen LogP contribution in [0.4, 0.5) is 13.2 Å².